The van der Waals surface area contributed by atoms with Crippen LogP contribution in [-0.2, 0) is 0 Å². The summed E-state index contributed by atoms with van der Waals surface area (Å²) in [7, 11) is -1.08. The maximum atomic E-state index is 4.56. The summed E-state index contributed by atoms with van der Waals surface area (Å²) in [5.41, 5.74) is 10.7. The minimum Gasteiger partial charge on any atom is -0.672 e. The van der Waals surface area contributed by atoms with Gasteiger partial charge in [0.1, 0.15) is 0 Å². The summed E-state index contributed by atoms with van der Waals surface area (Å²) in [5, 5.41) is 0. The molecular weight excluding hydrogens is 684 g/mol. The molecule has 2 unspecified atom stereocenters. The number of hydrogen-bond acceptors (Lipinski definition) is 0. The zero-order valence-corrected chi connectivity index (χ0v) is 30.5. The molecule has 0 amide bonds. The molecule has 0 heterocycles. The molecule has 1 radical (unpaired) electrons. The molecule has 1 nitrogen and oxygen atoms in total. The Hall–Kier alpha value is -1.92. The standard InChI is InChI=1S/2C17H15.C4H14NSi2.Gd/c2*1-2-15-16-11-7-6-10-14(16)12-17(15)13-8-4-3-5-9-13;1-6(2)5-7(3)4;/h2*3-11,15H,2H2,1H3;6-7H,1-4H3;/q3*-1;+3. The second-order valence-corrected chi connectivity index (χ2v) is 16.8. The van der Waals surface area contributed by atoms with Gasteiger partial charge < -0.3 is 4.65 Å². The van der Waals surface area contributed by atoms with Crippen molar-refractivity contribution in [1.29, 1.82) is 0 Å². The van der Waals surface area contributed by atoms with Crippen molar-refractivity contribution in [3.8, 4) is 0 Å². The van der Waals surface area contributed by atoms with E-state index in [1.165, 1.54) is 44.5 Å². The molecule has 6 rings (SSSR count). The van der Waals surface area contributed by atoms with Crippen LogP contribution in [0.3, 0.4) is 0 Å². The van der Waals surface area contributed by atoms with Crippen molar-refractivity contribution in [1.82, 2.24) is 0 Å². The molecule has 4 aromatic carbocycles. The third-order valence-electron chi connectivity index (χ3n) is 7.49. The first-order chi connectivity index (χ1) is 19.9. The summed E-state index contributed by atoms with van der Waals surface area (Å²) in [6, 6.07) is 38.4. The summed E-state index contributed by atoms with van der Waals surface area (Å²) < 4.78 is 4.56. The van der Waals surface area contributed by atoms with Crippen LogP contribution in [-0.4, -0.2) is 17.9 Å². The number of hydrogen-bond donors (Lipinski definition) is 0. The Morgan fingerprint density at radius 2 is 0.857 bits per heavy atom. The largest absolute Gasteiger partial charge is 3.00 e. The van der Waals surface area contributed by atoms with Gasteiger partial charge in [-0.1, -0.05) is 155 Å². The van der Waals surface area contributed by atoms with Crippen molar-refractivity contribution in [2.24, 2.45) is 0 Å². The van der Waals surface area contributed by atoms with Gasteiger partial charge in [-0.25, -0.2) is 0 Å². The van der Waals surface area contributed by atoms with Crippen molar-refractivity contribution in [2.75, 3.05) is 0 Å². The SMILES string of the molecule is CCC1C(c2ccccc2)=[C-]c2ccccc21.CCC1C(c2ccccc2)=[C-]c2ccccc21.C[SiH](C)[N-][SiH](C)C.[Gd+3]. The minimum absolute atomic E-state index is 0. The van der Waals surface area contributed by atoms with Crippen molar-refractivity contribution in [3.05, 3.63) is 159 Å². The smallest absolute Gasteiger partial charge is 0.672 e. The molecule has 0 bridgehead atoms. The summed E-state index contributed by atoms with van der Waals surface area (Å²) in [6.45, 7) is 13.6. The van der Waals surface area contributed by atoms with E-state index in [1.807, 2.05) is 0 Å². The van der Waals surface area contributed by atoms with Crippen molar-refractivity contribution in [2.45, 2.75) is 64.7 Å². The zero-order valence-electron chi connectivity index (χ0n) is 25.9. The molecule has 0 aromatic heterocycles. The molecule has 0 saturated heterocycles. The summed E-state index contributed by atoms with van der Waals surface area (Å²) in [6.07, 6.45) is 9.40. The summed E-state index contributed by atoms with van der Waals surface area (Å²) in [4.78, 5) is 0. The molecule has 4 aromatic rings. The molecule has 2 atom stereocenters. The molecule has 4 heteroatoms. The first-order valence-corrected chi connectivity index (χ1v) is 20.8. The Bertz CT molecular complexity index is 1330. The average molecular weight is 728 g/mol. The van der Waals surface area contributed by atoms with Crippen LogP contribution in [0, 0.1) is 52.1 Å². The van der Waals surface area contributed by atoms with Crippen molar-refractivity contribution < 1.29 is 39.9 Å². The molecule has 2 aliphatic rings. The third kappa shape index (κ3) is 9.04. The summed E-state index contributed by atoms with van der Waals surface area (Å²) in [5.74, 6) is 1.02. The number of benzene rings is 4. The van der Waals surface area contributed by atoms with E-state index in [0.717, 1.165) is 12.8 Å². The zero-order chi connectivity index (χ0) is 29.2. The topological polar surface area (TPSA) is 14.1 Å². The van der Waals surface area contributed by atoms with Gasteiger partial charge in [0.2, 0.25) is 0 Å². The number of nitrogens with zero attached hydrogens (tertiary/aromatic N) is 1. The van der Waals surface area contributed by atoms with E-state index in [-0.39, 0.29) is 39.9 Å². The Labute approximate surface area is 290 Å². The van der Waals surface area contributed by atoms with E-state index in [2.05, 4.69) is 166 Å². The molecule has 0 fully saturated rings. The normalized spacial score (nSPS) is 16.2. The fraction of sp³-hybridized carbons (Fsp3) is 0.263. The molecule has 2 aliphatic carbocycles. The molecule has 42 heavy (non-hydrogen) atoms. The Morgan fingerprint density at radius 1 is 0.524 bits per heavy atom. The van der Waals surface area contributed by atoms with Crippen LogP contribution < -0.4 is 0 Å². The van der Waals surface area contributed by atoms with E-state index in [1.54, 1.807) is 0 Å². The van der Waals surface area contributed by atoms with E-state index >= 15 is 0 Å². The fourth-order valence-electron chi connectivity index (χ4n) is 5.83. The van der Waals surface area contributed by atoms with Gasteiger partial charge in [0.05, 0.1) is 0 Å². The Morgan fingerprint density at radius 3 is 1.17 bits per heavy atom. The molecule has 0 spiro atoms. The second kappa shape index (κ2) is 17.4. The van der Waals surface area contributed by atoms with Gasteiger partial charge in [0, 0.05) is 0 Å². The quantitative estimate of drug-likeness (QED) is 0.139. The predicted molar refractivity (Wildman–Crippen MR) is 184 cm³/mol. The second-order valence-electron chi connectivity index (χ2n) is 11.2. The first kappa shape index (κ1) is 34.6. The van der Waals surface area contributed by atoms with Crippen molar-refractivity contribution in [3.63, 3.8) is 0 Å². The van der Waals surface area contributed by atoms with Gasteiger partial charge in [-0.05, 0) is 11.8 Å². The van der Waals surface area contributed by atoms with Gasteiger partial charge in [0.25, 0.3) is 0 Å². The maximum absolute atomic E-state index is 4.56. The fourth-order valence-corrected chi connectivity index (χ4v) is 10.6. The number of rotatable bonds is 6. The third-order valence-corrected chi connectivity index (χ3v) is 12.3. The van der Waals surface area contributed by atoms with Gasteiger partial charge >= 0.3 is 39.9 Å². The van der Waals surface area contributed by atoms with Gasteiger partial charge in [0.15, 0.2) is 0 Å². The van der Waals surface area contributed by atoms with Crippen LogP contribution >= 0.6 is 0 Å². The molecule has 0 N–H and O–H groups in total. The average Bonchev–Trinajstić information content (AvgIpc) is 3.56. The van der Waals surface area contributed by atoms with Gasteiger partial charge in [-0.2, -0.15) is 0 Å². The van der Waals surface area contributed by atoms with Crippen molar-refractivity contribution >= 4 is 29.1 Å². The predicted octanol–water partition coefficient (Wildman–Crippen LogP) is 10.2. The Balaban J connectivity index is 0.000000186. The Kier molecular flexibility index (Phi) is 14.3. The van der Waals surface area contributed by atoms with Gasteiger partial charge in [-0.15, -0.1) is 82.0 Å². The first-order valence-electron chi connectivity index (χ1n) is 15.2. The van der Waals surface area contributed by atoms with Crippen LogP contribution in [0.1, 0.15) is 71.9 Å². The van der Waals surface area contributed by atoms with E-state index in [0.29, 0.717) is 11.8 Å². The monoisotopic (exact) mass is 728 g/mol. The molecule has 0 aliphatic heterocycles. The van der Waals surface area contributed by atoms with Crippen LogP contribution in [0.5, 0.6) is 0 Å². The van der Waals surface area contributed by atoms with E-state index in [9.17, 15) is 0 Å². The van der Waals surface area contributed by atoms with E-state index < -0.39 is 17.9 Å². The van der Waals surface area contributed by atoms with E-state index in [4.69, 9.17) is 0 Å². The van der Waals surface area contributed by atoms with Crippen LogP contribution in [0.4, 0.5) is 0 Å². The maximum Gasteiger partial charge on any atom is 3.00 e. The minimum atomic E-state index is -0.542. The van der Waals surface area contributed by atoms with Crippen LogP contribution in [0.2, 0.25) is 26.2 Å². The molecule has 0 saturated carbocycles. The number of fused-ring (bicyclic) bond motifs is 2. The molecule has 217 valence electrons. The van der Waals surface area contributed by atoms with Crippen LogP contribution in [0.15, 0.2) is 109 Å². The van der Waals surface area contributed by atoms with Gasteiger partial charge in [-0.3, -0.25) is 0 Å². The molecular formula is C38H44GdNSi2. The number of allylic oxidation sites excluding steroid dienone is 2. The van der Waals surface area contributed by atoms with Crippen LogP contribution in [0.25, 0.3) is 15.8 Å². The summed E-state index contributed by atoms with van der Waals surface area (Å²) >= 11 is 0.